The topological polar surface area (TPSA) is 20.2 Å². The lowest BCUT2D eigenvalue weighted by molar-refractivity contribution is 0.468. The van der Waals surface area contributed by atoms with E-state index in [1.165, 1.54) is 0 Å². The highest BCUT2D eigenvalue weighted by Gasteiger charge is 2.14. The summed E-state index contributed by atoms with van der Waals surface area (Å²) in [5, 5.41) is 10.3. The van der Waals surface area contributed by atoms with Crippen LogP contribution in [0.25, 0.3) is 0 Å². The van der Waals surface area contributed by atoms with Gasteiger partial charge in [0, 0.05) is 5.56 Å². The second-order valence-electron chi connectivity index (χ2n) is 3.51. The molecule has 1 nitrogen and oxygen atoms in total. The maximum atomic E-state index is 9.84. The summed E-state index contributed by atoms with van der Waals surface area (Å²) in [7, 11) is 0. The fourth-order valence-electron chi connectivity index (χ4n) is 1.55. The summed E-state index contributed by atoms with van der Waals surface area (Å²) in [6, 6.07) is 0. The van der Waals surface area contributed by atoms with Crippen LogP contribution in [-0.4, -0.2) is 5.11 Å². The van der Waals surface area contributed by atoms with Gasteiger partial charge in [-0.1, -0.05) is 17.7 Å². The fourth-order valence-corrected chi connectivity index (χ4v) is 1.81. The number of allylic oxidation sites excluding steroid dienone is 1. The highest BCUT2D eigenvalue weighted by atomic mass is 35.5. The Morgan fingerprint density at radius 2 is 1.79 bits per heavy atom. The van der Waals surface area contributed by atoms with E-state index in [2.05, 4.69) is 6.58 Å². The second kappa shape index (κ2) is 4.05. The van der Waals surface area contributed by atoms with Gasteiger partial charge >= 0.3 is 0 Å². The van der Waals surface area contributed by atoms with Crippen LogP contribution >= 0.6 is 11.6 Å². The van der Waals surface area contributed by atoms with Crippen LogP contribution in [0.4, 0.5) is 0 Å². The molecule has 0 aromatic heterocycles. The smallest absolute Gasteiger partial charge is 0.138 e. The average Bonchev–Trinajstić information content (AvgIpc) is 2.19. The first-order chi connectivity index (χ1) is 6.50. The number of halogens is 1. The zero-order valence-electron chi connectivity index (χ0n) is 8.82. The Morgan fingerprint density at radius 3 is 2.29 bits per heavy atom. The Bertz CT molecular complexity index is 351. The van der Waals surface area contributed by atoms with Crippen LogP contribution in [0.2, 0.25) is 5.02 Å². The number of hydrogen-bond donors (Lipinski definition) is 1. The molecule has 14 heavy (non-hydrogen) atoms. The summed E-state index contributed by atoms with van der Waals surface area (Å²) in [6.07, 6.45) is 2.42. The Hall–Kier alpha value is -0.950. The lowest BCUT2D eigenvalue weighted by atomic mass is 9.96. The highest BCUT2D eigenvalue weighted by Crippen LogP contribution is 2.36. The summed E-state index contributed by atoms with van der Waals surface area (Å²) >= 11 is 6.01. The third-order valence-corrected chi connectivity index (χ3v) is 3.21. The molecule has 1 N–H and O–H groups in total. The third-order valence-electron chi connectivity index (χ3n) is 2.75. The van der Waals surface area contributed by atoms with E-state index in [1.54, 1.807) is 6.08 Å². The number of hydrogen-bond acceptors (Lipinski definition) is 1. The predicted octanol–water partition coefficient (Wildman–Crippen LogP) is 3.70. The van der Waals surface area contributed by atoms with Crippen LogP contribution in [0.15, 0.2) is 12.7 Å². The van der Waals surface area contributed by atoms with Crippen LogP contribution in [0.1, 0.15) is 22.3 Å². The molecule has 1 aromatic rings. The Morgan fingerprint density at radius 1 is 1.21 bits per heavy atom. The summed E-state index contributed by atoms with van der Waals surface area (Å²) in [5.74, 6) is 0.201. The monoisotopic (exact) mass is 210 g/mol. The molecule has 76 valence electrons. The van der Waals surface area contributed by atoms with Crippen molar-refractivity contribution in [1.29, 1.82) is 0 Å². The SMILES string of the molecule is C=CCc1c(C)c(C)c(C)c(Cl)c1O. The molecule has 0 amide bonds. The zero-order valence-corrected chi connectivity index (χ0v) is 9.57. The average molecular weight is 211 g/mol. The van der Waals surface area contributed by atoms with Gasteiger partial charge in [-0.15, -0.1) is 6.58 Å². The largest absolute Gasteiger partial charge is 0.506 e. The van der Waals surface area contributed by atoms with Gasteiger partial charge in [-0.05, 0) is 43.9 Å². The van der Waals surface area contributed by atoms with Crippen molar-refractivity contribution in [2.45, 2.75) is 27.2 Å². The summed E-state index contributed by atoms with van der Waals surface area (Å²) in [5.41, 5.74) is 4.08. The number of phenols is 1. The molecule has 0 aliphatic carbocycles. The van der Waals surface area contributed by atoms with Crippen LogP contribution < -0.4 is 0 Å². The minimum Gasteiger partial charge on any atom is -0.506 e. The van der Waals surface area contributed by atoms with Gasteiger partial charge in [0.2, 0.25) is 0 Å². The molecule has 0 spiro atoms. The lowest BCUT2D eigenvalue weighted by Gasteiger charge is -2.14. The molecule has 2 heteroatoms. The molecule has 1 aromatic carbocycles. The van der Waals surface area contributed by atoms with Gasteiger partial charge in [0.15, 0.2) is 0 Å². The van der Waals surface area contributed by atoms with Crippen LogP contribution in [0.3, 0.4) is 0 Å². The van der Waals surface area contributed by atoms with Gasteiger partial charge < -0.3 is 5.11 Å². The van der Waals surface area contributed by atoms with E-state index in [0.717, 1.165) is 22.3 Å². The third kappa shape index (κ3) is 1.64. The molecule has 0 aliphatic rings. The minimum atomic E-state index is 0.201. The van der Waals surface area contributed by atoms with Crippen molar-refractivity contribution >= 4 is 11.6 Å². The standard InChI is InChI=1S/C12H15ClO/c1-5-6-10-8(3)7(2)9(4)11(13)12(10)14/h5,14H,1,6H2,2-4H3. The molecule has 0 saturated carbocycles. The fraction of sp³-hybridized carbons (Fsp3) is 0.333. The molecule has 0 atom stereocenters. The molecule has 0 heterocycles. The molecule has 0 aliphatic heterocycles. The van der Waals surface area contributed by atoms with Crippen molar-refractivity contribution in [3.05, 3.63) is 39.9 Å². The molecular formula is C12H15ClO. The van der Waals surface area contributed by atoms with Crippen molar-refractivity contribution in [2.24, 2.45) is 0 Å². The van der Waals surface area contributed by atoms with Crippen molar-refractivity contribution in [2.75, 3.05) is 0 Å². The van der Waals surface area contributed by atoms with Gasteiger partial charge in [0.05, 0.1) is 5.02 Å². The van der Waals surface area contributed by atoms with Crippen molar-refractivity contribution in [3.8, 4) is 5.75 Å². The van der Waals surface area contributed by atoms with E-state index in [-0.39, 0.29) is 5.75 Å². The van der Waals surface area contributed by atoms with E-state index < -0.39 is 0 Å². The maximum Gasteiger partial charge on any atom is 0.138 e. The molecular weight excluding hydrogens is 196 g/mol. The Balaban J connectivity index is 3.50. The van der Waals surface area contributed by atoms with E-state index in [1.807, 2.05) is 20.8 Å². The molecule has 1 rings (SSSR count). The minimum absolute atomic E-state index is 0.201. The number of aromatic hydroxyl groups is 1. The molecule has 0 fully saturated rings. The van der Waals surface area contributed by atoms with Crippen molar-refractivity contribution in [3.63, 3.8) is 0 Å². The summed E-state index contributed by atoms with van der Waals surface area (Å²) < 4.78 is 0. The van der Waals surface area contributed by atoms with Crippen molar-refractivity contribution in [1.82, 2.24) is 0 Å². The van der Waals surface area contributed by atoms with Gasteiger partial charge in [-0.2, -0.15) is 0 Å². The summed E-state index contributed by atoms with van der Waals surface area (Å²) in [6.45, 7) is 9.60. The van der Waals surface area contributed by atoms with Gasteiger partial charge in [-0.3, -0.25) is 0 Å². The molecule has 0 unspecified atom stereocenters. The van der Waals surface area contributed by atoms with E-state index >= 15 is 0 Å². The lowest BCUT2D eigenvalue weighted by Crippen LogP contribution is -1.96. The van der Waals surface area contributed by atoms with E-state index in [9.17, 15) is 5.11 Å². The molecule has 0 radical (unpaired) electrons. The Labute approximate surface area is 90.0 Å². The first kappa shape index (κ1) is 11.1. The van der Waals surface area contributed by atoms with Gasteiger partial charge in [-0.25, -0.2) is 0 Å². The van der Waals surface area contributed by atoms with Crippen LogP contribution in [-0.2, 0) is 6.42 Å². The Kier molecular flexibility index (Phi) is 3.22. The second-order valence-corrected chi connectivity index (χ2v) is 3.89. The number of phenolic OH excluding ortho intramolecular Hbond substituents is 1. The zero-order chi connectivity index (χ0) is 10.9. The normalized spacial score (nSPS) is 10.3. The first-order valence-corrected chi connectivity index (χ1v) is 4.96. The quantitative estimate of drug-likeness (QED) is 0.738. The number of benzene rings is 1. The predicted molar refractivity (Wildman–Crippen MR) is 61.2 cm³/mol. The van der Waals surface area contributed by atoms with Gasteiger partial charge in [0.1, 0.15) is 5.75 Å². The van der Waals surface area contributed by atoms with E-state index in [0.29, 0.717) is 11.4 Å². The molecule has 0 bridgehead atoms. The van der Waals surface area contributed by atoms with E-state index in [4.69, 9.17) is 11.6 Å². The number of rotatable bonds is 2. The summed E-state index contributed by atoms with van der Waals surface area (Å²) in [4.78, 5) is 0. The van der Waals surface area contributed by atoms with Crippen molar-refractivity contribution < 1.29 is 5.11 Å². The maximum absolute atomic E-state index is 9.84. The van der Waals surface area contributed by atoms with Crippen LogP contribution in [0.5, 0.6) is 5.75 Å². The first-order valence-electron chi connectivity index (χ1n) is 4.58. The molecule has 0 saturated heterocycles. The highest BCUT2D eigenvalue weighted by molar-refractivity contribution is 6.33. The van der Waals surface area contributed by atoms with Gasteiger partial charge in [0.25, 0.3) is 0 Å². The van der Waals surface area contributed by atoms with Crippen LogP contribution in [0, 0.1) is 20.8 Å².